The van der Waals surface area contributed by atoms with Crippen molar-refractivity contribution in [1.29, 1.82) is 0 Å². The molecule has 3 aromatic heterocycles. The number of hydrogen-bond donors (Lipinski definition) is 1. The molecule has 1 aliphatic rings. The standard InChI is InChI=1S/C17H12FN5O2.C3H5F/c1-10-2-3-11(16-20-9-25-22-16)6-13(10)21-17(24)14-7-19-15-5-4-12(18)8-23(14)15;4-3-1-2-3/h2-9H,1H3,(H,21,24);3H,1-2H2. The summed E-state index contributed by atoms with van der Waals surface area (Å²) >= 11 is 0. The molecule has 0 spiro atoms. The Morgan fingerprint density at radius 3 is 2.72 bits per heavy atom. The Hall–Kier alpha value is -3.62. The molecule has 1 saturated carbocycles. The van der Waals surface area contributed by atoms with Crippen molar-refractivity contribution in [3.63, 3.8) is 0 Å². The number of rotatable bonds is 3. The van der Waals surface area contributed by atoms with Gasteiger partial charge in [-0.15, -0.1) is 0 Å². The minimum atomic E-state index is -0.449. The van der Waals surface area contributed by atoms with Crippen molar-refractivity contribution in [2.75, 3.05) is 5.32 Å². The first kappa shape index (κ1) is 18.7. The lowest BCUT2D eigenvalue weighted by atomic mass is 10.1. The monoisotopic (exact) mass is 397 g/mol. The topological polar surface area (TPSA) is 85.3 Å². The fraction of sp³-hybridized carbons (Fsp3) is 0.200. The molecule has 0 bridgehead atoms. The third-order valence-electron chi connectivity index (χ3n) is 4.31. The molecule has 1 fully saturated rings. The van der Waals surface area contributed by atoms with Crippen LogP contribution < -0.4 is 5.32 Å². The van der Waals surface area contributed by atoms with Gasteiger partial charge < -0.3 is 9.84 Å². The van der Waals surface area contributed by atoms with Crippen LogP contribution in [0.5, 0.6) is 0 Å². The minimum Gasteiger partial charge on any atom is -0.342 e. The summed E-state index contributed by atoms with van der Waals surface area (Å²) in [5.74, 6) is -0.423. The average Bonchev–Trinajstić information content (AvgIpc) is 3.17. The van der Waals surface area contributed by atoms with E-state index in [1.807, 2.05) is 19.1 Å². The number of carbonyl (C=O) groups is 1. The first-order chi connectivity index (χ1) is 14.0. The van der Waals surface area contributed by atoms with Gasteiger partial charge in [-0.1, -0.05) is 17.3 Å². The SMILES string of the molecule is Cc1ccc(-c2ncon2)cc1NC(=O)c1cnc2ccc(F)cn12.FC1CC1. The highest BCUT2D eigenvalue weighted by Gasteiger charge is 2.18. The summed E-state index contributed by atoms with van der Waals surface area (Å²) in [4.78, 5) is 20.7. The molecule has 9 heteroatoms. The van der Waals surface area contributed by atoms with Gasteiger partial charge in [-0.25, -0.2) is 13.8 Å². The maximum atomic E-state index is 13.5. The van der Waals surface area contributed by atoms with E-state index in [0.29, 0.717) is 22.7 Å². The summed E-state index contributed by atoms with van der Waals surface area (Å²) in [6, 6.07) is 8.23. The van der Waals surface area contributed by atoms with Gasteiger partial charge in [-0.3, -0.25) is 9.20 Å². The maximum absolute atomic E-state index is 13.5. The van der Waals surface area contributed by atoms with Gasteiger partial charge in [0, 0.05) is 17.4 Å². The molecule has 0 radical (unpaired) electrons. The molecule has 5 rings (SSSR count). The van der Waals surface area contributed by atoms with Crippen molar-refractivity contribution in [1.82, 2.24) is 19.5 Å². The number of hydrogen-bond acceptors (Lipinski definition) is 5. The van der Waals surface area contributed by atoms with Crippen LogP contribution >= 0.6 is 0 Å². The third kappa shape index (κ3) is 4.29. The quantitative estimate of drug-likeness (QED) is 0.560. The highest BCUT2D eigenvalue weighted by molar-refractivity contribution is 6.04. The van der Waals surface area contributed by atoms with E-state index in [2.05, 4.69) is 20.4 Å². The van der Waals surface area contributed by atoms with Crippen LogP contribution in [0.15, 0.2) is 53.6 Å². The predicted molar refractivity (Wildman–Crippen MR) is 102 cm³/mol. The Labute approximate surface area is 164 Å². The van der Waals surface area contributed by atoms with Crippen LogP contribution in [0.2, 0.25) is 0 Å². The third-order valence-corrected chi connectivity index (χ3v) is 4.31. The second kappa shape index (κ2) is 7.78. The van der Waals surface area contributed by atoms with Crippen LogP contribution in [0.4, 0.5) is 14.5 Å². The van der Waals surface area contributed by atoms with E-state index in [-0.39, 0.29) is 5.69 Å². The number of imidazole rings is 1. The van der Waals surface area contributed by atoms with Gasteiger partial charge in [0.25, 0.3) is 5.91 Å². The molecular weight excluding hydrogens is 380 g/mol. The Morgan fingerprint density at radius 2 is 2.03 bits per heavy atom. The smallest absolute Gasteiger partial charge is 0.274 e. The van der Waals surface area contributed by atoms with Gasteiger partial charge >= 0.3 is 0 Å². The van der Waals surface area contributed by atoms with E-state index in [1.165, 1.54) is 35.3 Å². The van der Waals surface area contributed by atoms with Crippen molar-refractivity contribution in [2.45, 2.75) is 25.9 Å². The molecule has 4 aromatic rings. The van der Waals surface area contributed by atoms with E-state index in [1.54, 1.807) is 6.07 Å². The number of amides is 1. The Morgan fingerprint density at radius 1 is 1.24 bits per heavy atom. The van der Waals surface area contributed by atoms with Crippen LogP contribution in [0, 0.1) is 12.7 Å². The summed E-state index contributed by atoms with van der Waals surface area (Å²) in [5.41, 5.74) is 2.89. The number of benzene rings is 1. The number of aryl methyl sites for hydroxylation is 1. The van der Waals surface area contributed by atoms with Gasteiger partial charge in [-0.2, -0.15) is 4.98 Å². The van der Waals surface area contributed by atoms with Crippen molar-refractivity contribution in [2.24, 2.45) is 0 Å². The Kier molecular flexibility index (Phi) is 5.03. The summed E-state index contributed by atoms with van der Waals surface area (Å²) < 4.78 is 30.7. The van der Waals surface area contributed by atoms with Gasteiger partial charge in [0.2, 0.25) is 12.2 Å². The maximum Gasteiger partial charge on any atom is 0.274 e. The Balaban J connectivity index is 0.000000458. The molecule has 0 aliphatic heterocycles. The van der Waals surface area contributed by atoms with Crippen molar-refractivity contribution in [3.8, 4) is 11.4 Å². The highest BCUT2D eigenvalue weighted by Crippen LogP contribution is 2.24. The lowest BCUT2D eigenvalue weighted by molar-refractivity contribution is 0.102. The first-order valence-electron chi connectivity index (χ1n) is 8.96. The lowest BCUT2D eigenvalue weighted by Gasteiger charge is -2.09. The van der Waals surface area contributed by atoms with Gasteiger partial charge in [0.05, 0.1) is 6.20 Å². The zero-order chi connectivity index (χ0) is 20.4. The fourth-order valence-corrected chi connectivity index (χ4v) is 2.57. The molecule has 0 saturated heterocycles. The van der Waals surface area contributed by atoms with E-state index in [4.69, 9.17) is 4.52 Å². The van der Waals surface area contributed by atoms with E-state index >= 15 is 0 Å². The predicted octanol–water partition coefficient (Wildman–Crippen LogP) is 4.20. The summed E-state index contributed by atoms with van der Waals surface area (Å²) in [6.07, 6.45) is 5.09. The number of aromatic nitrogens is 4. The normalized spacial score (nSPS) is 13.1. The summed E-state index contributed by atoms with van der Waals surface area (Å²) in [7, 11) is 0. The number of alkyl halides is 1. The zero-order valence-electron chi connectivity index (χ0n) is 15.5. The molecule has 1 aliphatic carbocycles. The number of nitrogens with one attached hydrogen (secondary N) is 1. The Bertz CT molecular complexity index is 1150. The number of pyridine rings is 1. The van der Waals surface area contributed by atoms with Crippen LogP contribution in [0.25, 0.3) is 17.0 Å². The molecule has 0 atom stereocenters. The van der Waals surface area contributed by atoms with E-state index < -0.39 is 17.9 Å². The van der Waals surface area contributed by atoms with Gasteiger partial charge in [0.15, 0.2) is 0 Å². The van der Waals surface area contributed by atoms with Crippen LogP contribution in [-0.2, 0) is 0 Å². The van der Waals surface area contributed by atoms with Gasteiger partial charge in [0.1, 0.15) is 23.3 Å². The zero-order valence-corrected chi connectivity index (χ0v) is 15.5. The van der Waals surface area contributed by atoms with Crippen LogP contribution in [0.3, 0.4) is 0 Å². The summed E-state index contributed by atoms with van der Waals surface area (Å²) in [6.45, 7) is 1.86. The van der Waals surface area contributed by atoms with E-state index in [0.717, 1.165) is 18.4 Å². The number of fused-ring (bicyclic) bond motifs is 1. The fourth-order valence-electron chi connectivity index (χ4n) is 2.57. The van der Waals surface area contributed by atoms with Crippen molar-refractivity contribution in [3.05, 3.63) is 66.2 Å². The second-order valence-corrected chi connectivity index (χ2v) is 6.63. The van der Waals surface area contributed by atoms with Crippen LogP contribution in [0.1, 0.15) is 28.9 Å². The molecule has 1 N–H and O–H groups in total. The van der Waals surface area contributed by atoms with Crippen molar-refractivity contribution >= 4 is 17.2 Å². The average molecular weight is 397 g/mol. The highest BCUT2D eigenvalue weighted by atomic mass is 19.1. The molecule has 1 amide bonds. The number of nitrogens with zero attached hydrogens (tertiary/aromatic N) is 4. The van der Waals surface area contributed by atoms with Crippen LogP contribution in [-0.4, -0.2) is 31.6 Å². The molecule has 7 nitrogen and oxygen atoms in total. The van der Waals surface area contributed by atoms with E-state index in [9.17, 15) is 13.6 Å². The molecule has 3 heterocycles. The lowest BCUT2D eigenvalue weighted by Crippen LogP contribution is -2.15. The largest absolute Gasteiger partial charge is 0.342 e. The van der Waals surface area contributed by atoms with Gasteiger partial charge in [-0.05, 0) is 43.5 Å². The molecule has 0 unspecified atom stereocenters. The molecular formula is C20H17F2N5O2. The summed E-state index contributed by atoms with van der Waals surface area (Å²) in [5, 5.41) is 6.60. The minimum absolute atomic E-state index is 0.235. The number of carbonyl (C=O) groups excluding carboxylic acids is 1. The second-order valence-electron chi connectivity index (χ2n) is 6.63. The van der Waals surface area contributed by atoms with Crippen molar-refractivity contribution < 1.29 is 18.1 Å². The first-order valence-corrected chi connectivity index (χ1v) is 8.96. The molecule has 148 valence electrons. The number of anilines is 1. The molecule has 1 aromatic carbocycles. The molecule has 29 heavy (non-hydrogen) atoms. The number of halogens is 2.